The van der Waals surface area contributed by atoms with E-state index in [1.165, 1.54) is 29.5 Å². The Bertz CT molecular complexity index is 362. The molecule has 1 aromatic rings. The first-order chi connectivity index (χ1) is 6.99. The Balaban J connectivity index is 2.13. The SMILES string of the molecule is Cc1ccc(CC(C)(N)C2CC2)cc1C. The highest BCUT2D eigenvalue weighted by Crippen LogP contribution is 2.39. The van der Waals surface area contributed by atoms with Crippen molar-refractivity contribution in [3.63, 3.8) is 0 Å². The fourth-order valence-electron chi connectivity index (χ4n) is 2.24. The molecule has 2 rings (SSSR count). The number of hydrogen-bond acceptors (Lipinski definition) is 1. The summed E-state index contributed by atoms with van der Waals surface area (Å²) in [6, 6.07) is 6.70. The summed E-state index contributed by atoms with van der Waals surface area (Å²) in [5.74, 6) is 0.749. The second kappa shape index (κ2) is 3.64. The molecule has 1 saturated carbocycles. The van der Waals surface area contributed by atoms with Crippen LogP contribution in [0.15, 0.2) is 18.2 Å². The molecule has 82 valence electrons. The first kappa shape index (κ1) is 10.7. The first-order valence-electron chi connectivity index (χ1n) is 5.84. The lowest BCUT2D eigenvalue weighted by Crippen LogP contribution is -2.40. The molecule has 1 atom stereocenters. The molecule has 2 N–H and O–H groups in total. The van der Waals surface area contributed by atoms with Crippen LogP contribution in [-0.4, -0.2) is 5.54 Å². The van der Waals surface area contributed by atoms with E-state index in [4.69, 9.17) is 5.73 Å². The van der Waals surface area contributed by atoms with Gasteiger partial charge in [-0.2, -0.15) is 0 Å². The molecule has 0 radical (unpaired) electrons. The summed E-state index contributed by atoms with van der Waals surface area (Å²) in [7, 11) is 0. The zero-order chi connectivity index (χ0) is 11.1. The molecule has 1 nitrogen and oxygen atoms in total. The summed E-state index contributed by atoms with van der Waals surface area (Å²) in [5.41, 5.74) is 10.5. The van der Waals surface area contributed by atoms with E-state index in [9.17, 15) is 0 Å². The van der Waals surface area contributed by atoms with Crippen LogP contribution in [0.1, 0.15) is 36.5 Å². The molecule has 0 bridgehead atoms. The predicted molar refractivity (Wildman–Crippen MR) is 64.9 cm³/mol. The summed E-state index contributed by atoms with van der Waals surface area (Å²) in [4.78, 5) is 0. The van der Waals surface area contributed by atoms with Crippen molar-refractivity contribution < 1.29 is 0 Å². The van der Waals surface area contributed by atoms with Crippen molar-refractivity contribution >= 4 is 0 Å². The molecular weight excluding hydrogens is 182 g/mol. The van der Waals surface area contributed by atoms with E-state index < -0.39 is 0 Å². The molecule has 15 heavy (non-hydrogen) atoms. The van der Waals surface area contributed by atoms with Crippen LogP contribution in [0.2, 0.25) is 0 Å². The van der Waals surface area contributed by atoms with Gasteiger partial charge in [-0.25, -0.2) is 0 Å². The molecule has 0 heterocycles. The quantitative estimate of drug-likeness (QED) is 0.803. The van der Waals surface area contributed by atoms with Gasteiger partial charge in [0.2, 0.25) is 0 Å². The Labute approximate surface area is 92.7 Å². The van der Waals surface area contributed by atoms with Crippen molar-refractivity contribution in [3.05, 3.63) is 34.9 Å². The third-order valence-corrected chi connectivity index (χ3v) is 3.67. The molecule has 1 aliphatic rings. The number of aryl methyl sites for hydroxylation is 2. The fraction of sp³-hybridized carbons (Fsp3) is 0.571. The number of nitrogens with two attached hydrogens (primary N) is 1. The smallest absolute Gasteiger partial charge is 0.0195 e. The Morgan fingerprint density at radius 2 is 1.93 bits per heavy atom. The lowest BCUT2D eigenvalue weighted by atomic mass is 9.88. The van der Waals surface area contributed by atoms with Crippen LogP contribution in [0.3, 0.4) is 0 Å². The summed E-state index contributed by atoms with van der Waals surface area (Å²) in [6.45, 7) is 6.52. The van der Waals surface area contributed by atoms with Crippen molar-refractivity contribution in [3.8, 4) is 0 Å². The van der Waals surface area contributed by atoms with Gasteiger partial charge in [-0.15, -0.1) is 0 Å². The van der Waals surface area contributed by atoms with E-state index in [2.05, 4.69) is 39.0 Å². The number of benzene rings is 1. The van der Waals surface area contributed by atoms with Gasteiger partial charge in [-0.3, -0.25) is 0 Å². The van der Waals surface area contributed by atoms with Crippen molar-refractivity contribution in [1.82, 2.24) is 0 Å². The van der Waals surface area contributed by atoms with Crippen LogP contribution in [-0.2, 0) is 6.42 Å². The van der Waals surface area contributed by atoms with Crippen molar-refractivity contribution in [1.29, 1.82) is 0 Å². The van der Waals surface area contributed by atoms with Crippen LogP contribution in [0.5, 0.6) is 0 Å². The molecule has 1 aromatic carbocycles. The zero-order valence-electron chi connectivity index (χ0n) is 10.0. The minimum Gasteiger partial charge on any atom is -0.325 e. The van der Waals surface area contributed by atoms with Crippen LogP contribution < -0.4 is 5.73 Å². The largest absolute Gasteiger partial charge is 0.325 e. The molecule has 1 unspecified atom stereocenters. The summed E-state index contributed by atoms with van der Waals surface area (Å²) < 4.78 is 0. The summed E-state index contributed by atoms with van der Waals surface area (Å²) >= 11 is 0. The molecule has 0 spiro atoms. The van der Waals surface area contributed by atoms with Crippen LogP contribution in [0.4, 0.5) is 0 Å². The van der Waals surface area contributed by atoms with E-state index in [-0.39, 0.29) is 5.54 Å². The average Bonchev–Trinajstić information content (AvgIpc) is 2.93. The second-order valence-electron chi connectivity index (χ2n) is 5.38. The van der Waals surface area contributed by atoms with E-state index in [1.54, 1.807) is 0 Å². The fourth-order valence-corrected chi connectivity index (χ4v) is 2.24. The Morgan fingerprint density at radius 3 is 2.47 bits per heavy atom. The molecular formula is C14H21N. The van der Waals surface area contributed by atoms with Gasteiger partial charge in [0.1, 0.15) is 0 Å². The zero-order valence-corrected chi connectivity index (χ0v) is 10.0. The first-order valence-corrected chi connectivity index (χ1v) is 5.84. The lowest BCUT2D eigenvalue weighted by molar-refractivity contribution is 0.406. The van der Waals surface area contributed by atoms with Gasteiger partial charge >= 0.3 is 0 Å². The summed E-state index contributed by atoms with van der Waals surface area (Å²) in [5, 5.41) is 0. The van der Waals surface area contributed by atoms with Crippen molar-refractivity contribution in [2.24, 2.45) is 11.7 Å². The standard InChI is InChI=1S/C14H21N/c1-10-4-5-12(8-11(10)2)9-14(3,15)13-6-7-13/h4-5,8,13H,6-7,9,15H2,1-3H3. The van der Waals surface area contributed by atoms with Crippen molar-refractivity contribution in [2.75, 3.05) is 0 Å². The van der Waals surface area contributed by atoms with Gasteiger partial charge in [-0.05, 0) is 62.6 Å². The molecule has 1 aliphatic carbocycles. The second-order valence-corrected chi connectivity index (χ2v) is 5.38. The van der Waals surface area contributed by atoms with Crippen LogP contribution in [0.25, 0.3) is 0 Å². The van der Waals surface area contributed by atoms with E-state index in [0.29, 0.717) is 0 Å². The number of hydrogen-bond donors (Lipinski definition) is 1. The van der Waals surface area contributed by atoms with Gasteiger partial charge in [0.25, 0.3) is 0 Å². The highest BCUT2D eigenvalue weighted by Gasteiger charge is 2.38. The van der Waals surface area contributed by atoms with Gasteiger partial charge in [0.15, 0.2) is 0 Å². The molecule has 0 aliphatic heterocycles. The van der Waals surface area contributed by atoms with Gasteiger partial charge in [0, 0.05) is 5.54 Å². The van der Waals surface area contributed by atoms with Crippen LogP contribution >= 0.6 is 0 Å². The maximum atomic E-state index is 6.34. The minimum absolute atomic E-state index is 0.00168. The highest BCUT2D eigenvalue weighted by atomic mass is 14.8. The minimum atomic E-state index is 0.00168. The van der Waals surface area contributed by atoms with Crippen molar-refractivity contribution in [2.45, 2.75) is 45.6 Å². The maximum Gasteiger partial charge on any atom is 0.0195 e. The molecule has 0 amide bonds. The van der Waals surface area contributed by atoms with Gasteiger partial charge in [0.05, 0.1) is 0 Å². The Morgan fingerprint density at radius 1 is 1.27 bits per heavy atom. The van der Waals surface area contributed by atoms with Gasteiger partial charge < -0.3 is 5.73 Å². The van der Waals surface area contributed by atoms with Gasteiger partial charge in [-0.1, -0.05) is 18.2 Å². The Hall–Kier alpha value is -0.820. The molecule has 1 fully saturated rings. The third-order valence-electron chi connectivity index (χ3n) is 3.67. The van der Waals surface area contributed by atoms with E-state index in [1.807, 2.05) is 0 Å². The Kier molecular flexibility index (Phi) is 2.59. The van der Waals surface area contributed by atoms with E-state index in [0.717, 1.165) is 12.3 Å². The predicted octanol–water partition coefficient (Wildman–Crippen LogP) is 2.97. The molecule has 1 heteroatoms. The molecule has 0 saturated heterocycles. The van der Waals surface area contributed by atoms with Crippen LogP contribution in [0, 0.1) is 19.8 Å². The summed E-state index contributed by atoms with van der Waals surface area (Å²) in [6.07, 6.45) is 3.65. The average molecular weight is 203 g/mol. The lowest BCUT2D eigenvalue weighted by Gasteiger charge is -2.24. The normalized spacial score (nSPS) is 20.0. The highest BCUT2D eigenvalue weighted by molar-refractivity contribution is 5.31. The number of rotatable bonds is 3. The van der Waals surface area contributed by atoms with E-state index >= 15 is 0 Å². The maximum absolute atomic E-state index is 6.34. The molecule has 0 aromatic heterocycles. The third kappa shape index (κ3) is 2.40. The monoisotopic (exact) mass is 203 g/mol. The topological polar surface area (TPSA) is 26.0 Å².